The van der Waals surface area contributed by atoms with Crippen molar-refractivity contribution in [3.05, 3.63) is 80.6 Å². The van der Waals surface area contributed by atoms with Crippen LogP contribution in [0.1, 0.15) is 16.9 Å². The lowest BCUT2D eigenvalue weighted by molar-refractivity contribution is -0.384. The number of benzene rings is 2. The number of nitrogens with one attached hydrogen (secondary N) is 1. The average Bonchev–Trinajstić information content (AvgIpc) is 3.17. The molecular weight excluding hydrogens is 410 g/mol. The molecule has 1 heterocycles. The Hall–Kier alpha value is -3.65. The third-order valence-corrected chi connectivity index (χ3v) is 4.61. The van der Waals surface area contributed by atoms with Gasteiger partial charge in [-0.2, -0.15) is 5.10 Å². The Bertz CT molecular complexity index is 1120. The topological polar surface area (TPSA) is 107 Å². The van der Waals surface area contributed by atoms with Crippen molar-refractivity contribution in [3.8, 4) is 17.1 Å². The molecular formula is C21H18ClN3O5. The SMILES string of the molecule is Cc1ccc(OCC(=O)N/N=C/c2ccc(-c3cc([N+](=O)[O-])ccc3Cl)o2)cc1C. The summed E-state index contributed by atoms with van der Waals surface area (Å²) < 4.78 is 11.0. The molecule has 0 atom stereocenters. The van der Waals surface area contributed by atoms with Gasteiger partial charge < -0.3 is 9.15 Å². The molecule has 0 saturated carbocycles. The van der Waals surface area contributed by atoms with E-state index in [2.05, 4.69) is 10.5 Å². The standard InChI is InChI=1S/C21H18ClN3O5/c1-13-3-5-16(9-14(13)2)29-12-21(26)24-23-11-17-6-8-20(30-17)18-10-15(25(27)28)4-7-19(18)22/h3-11H,12H2,1-2H3,(H,24,26)/b23-11+. The smallest absolute Gasteiger partial charge is 0.277 e. The molecule has 0 fully saturated rings. The lowest BCUT2D eigenvalue weighted by Gasteiger charge is -2.07. The zero-order chi connectivity index (χ0) is 21.7. The number of nitrogens with zero attached hydrogens (tertiary/aromatic N) is 2. The fourth-order valence-corrected chi connectivity index (χ4v) is 2.75. The third kappa shape index (κ3) is 5.24. The molecule has 0 aliphatic heterocycles. The summed E-state index contributed by atoms with van der Waals surface area (Å²) in [5.41, 5.74) is 4.84. The Morgan fingerprint density at radius 1 is 1.20 bits per heavy atom. The van der Waals surface area contributed by atoms with Crippen LogP contribution in [0.15, 0.2) is 58.0 Å². The van der Waals surface area contributed by atoms with Crippen molar-refractivity contribution in [2.24, 2.45) is 5.10 Å². The van der Waals surface area contributed by atoms with Crippen molar-refractivity contribution >= 4 is 29.4 Å². The number of aryl methyl sites for hydroxylation is 2. The van der Waals surface area contributed by atoms with E-state index in [0.717, 1.165) is 11.1 Å². The predicted octanol–water partition coefficient (Wildman–Crippen LogP) is 4.65. The summed E-state index contributed by atoms with van der Waals surface area (Å²) in [5, 5.41) is 15.1. The first kappa shape index (κ1) is 21.1. The Balaban J connectivity index is 1.58. The van der Waals surface area contributed by atoms with Crippen LogP contribution >= 0.6 is 11.6 Å². The monoisotopic (exact) mass is 427 g/mol. The largest absolute Gasteiger partial charge is 0.484 e. The highest BCUT2D eigenvalue weighted by molar-refractivity contribution is 6.33. The number of hydrogen-bond acceptors (Lipinski definition) is 6. The lowest BCUT2D eigenvalue weighted by Crippen LogP contribution is -2.24. The van der Waals surface area contributed by atoms with E-state index < -0.39 is 10.8 Å². The summed E-state index contributed by atoms with van der Waals surface area (Å²) in [6, 6.07) is 12.9. The van der Waals surface area contributed by atoms with Gasteiger partial charge in [-0.25, -0.2) is 5.43 Å². The Morgan fingerprint density at radius 2 is 2.00 bits per heavy atom. The maximum atomic E-state index is 11.9. The Morgan fingerprint density at radius 3 is 2.73 bits per heavy atom. The van der Waals surface area contributed by atoms with Crippen LogP contribution in [0.25, 0.3) is 11.3 Å². The molecule has 0 aliphatic carbocycles. The molecule has 2 aromatic carbocycles. The van der Waals surface area contributed by atoms with E-state index in [1.807, 2.05) is 26.0 Å². The minimum absolute atomic E-state index is 0.1000. The summed E-state index contributed by atoms with van der Waals surface area (Å²) in [6.45, 7) is 3.77. The maximum absolute atomic E-state index is 11.9. The maximum Gasteiger partial charge on any atom is 0.277 e. The van der Waals surface area contributed by atoms with Crippen LogP contribution < -0.4 is 10.2 Å². The van der Waals surface area contributed by atoms with Crippen molar-refractivity contribution in [2.45, 2.75) is 13.8 Å². The number of hydrogen-bond donors (Lipinski definition) is 1. The number of furan rings is 1. The van der Waals surface area contributed by atoms with Gasteiger partial charge in [0.15, 0.2) is 6.61 Å². The normalized spacial score (nSPS) is 10.9. The number of hydrazone groups is 1. The molecule has 3 rings (SSSR count). The van der Waals surface area contributed by atoms with Crippen molar-refractivity contribution in [2.75, 3.05) is 6.61 Å². The van der Waals surface area contributed by atoms with Crippen LogP contribution in [0.5, 0.6) is 5.75 Å². The molecule has 1 N–H and O–H groups in total. The fraction of sp³-hybridized carbons (Fsp3) is 0.143. The molecule has 0 radical (unpaired) electrons. The fourth-order valence-electron chi connectivity index (χ4n) is 2.54. The minimum atomic E-state index is -0.513. The van der Waals surface area contributed by atoms with Gasteiger partial charge in [-0.1, -0.05) is 17.7 Å². The van der Waals surface area contributed by atoms with Gasteiger partial charge in [-0.05, 0) is 55.3 Å². The molecule has 0 aliphatic rings. The Kier molecular flexibility index (Phi) is 6.48. The van der Waals surface area contributed by atoms with E-state index >= 15 is 0 Å². The molecule has 30 heavy (non-hydrogen) atoms. The van der Waals surface area contributed by atoms with Crippen LogP contribution in [0.2, 0.25) is 5.02 Å². The first-order chi connectivity index (χ1) is 14.3. The molecule has 8 nitrogen and oxygen atoms in total. The van der Waals surface area contributed by atoms with Crippen molar-refractivity contribution in [3.63, 3.8) is 0 Å². The van der Waals surface area contributed by atoms with Crippen molar-refractivity contribution in [1.29, 1.82) is 0 Å². The lowest BCUT2D eigenvalue weighted by atomic mass is 10.1. The van der Waals surface area contributed by atoms with Gasteiger partial charge in [-0.15, -0.1) is 0 Å². The second-order valence-corrected chi connectivity index (χ2v) is 6.86. The summed E-state index contributed by atoms with van der Waals surface area (Å²) in [5.74, 6) is 0.845. The van der Waals surface area contributed by atoms with Gasteiger partial charge in [0, 0.05) is 17.7 Å². The van der Waals surface area contributed by atoms with Crippen LogP contribution in [0.3, 0.4) is 0 Å². The highest BCUT2D eigenvalue weighted by Gasteiger charge is 2.14. The van der Waals surface area contributed by atoms with Gasteiger partial charge in [0.25, 0.3) is 11.6 Å². The summed E-state index contributed by atoms with van der Waals surface area (Å²) in [4.78, 5) is 22.3. The number of ether oxygens (including phenoxy) is 1. The molecule has 1 aromatic heterocycles. The number of non-ortho nitro benzene ring substituents is 1. The second kappa shape index (κ2) is 9.23. The first-order valence-corrected chi connectivity index (χ1v) is 9.27. The minimum Gasteiger partial charge on any atom is -0.484 e. The van der Waals surface area contributed by atoms with Crippen LogP contribution in [0, 0.1) is 24.0 Å². The Labute approximate surface area is 177 Å². The summed E-state index contributed by atoms with van der Waals surface area (Å²) >= 11 is 6.11. The van der Waals surface area contributed by atoms with E-state index in [4.69, 9.17) is 20.8 Å². The van der Waals surface area contributed by atoms with Gasteiger partial charge >= 0.3 is 0 Å². The van der Waals surface area contributed by atoms with E-state index in [0.29, 0.717) is 27.9 Å². The molecule has 0 saturated heterocycles. The molecule has 3 aromatic rings. The highest BCUT2D eigenvalue weighted by atomic mass is 35.5. The van der Waals surface area contributed by atoms with Gasteiger partial charge in [0.05, 0.1) is 16.2 Å². The second-order valence-electron chi connectivity index (χ2n) is 6.45. The van der Waals surface area contributed by atoms with E-state index in [9.17, 15) is 14.9 Å². The summed E-state index contributed by atoms with van der Waals surface area (Å²) in [7, 11) is 0. The number of nitro groups is 1. The van der Waals surface area contributed by atoms with Crippen molar-refractivity contribution < 1.29 is 18.9 Å². The third-order valence-electron chi connectivity index (χ3n) is 4.28. The number of carbonyl (C=O) groups is 1. The first-order valence-electron chi connectivity index (χ1n) is 8.89. The zero-order valence-electron chi connectivity index (χ0n) is 16.2. The van der Waals surface area contributed by atoms with E-state index in [1.165, 1.54) is 24.4 Å². The number of rotatable bonds is 7. The molecule has 9 heteroatoms. The highest BCUT2D eigenvalue weighted by Crippen LogP contribution is 2.32. The number of amides is 1. The van der Waals surface area contributed by atoms with Crippen LogP contribution in [-0.2, 0) is 4.79 Å². The van der Waals surface area contributed by atoms with Gasteiger partial charge in [-0.3, -0.25) is 14.9 Å². The quantitative estimate of drug-likeness (QED) is 0.335. The number of nitro benzene ring substituents is 1. The van der Waals surface area contributed by atoms with E-state index in [1.54, 1.807) is 18.2 Å². The van der Waals surface area contributed by atoms with Crippen molar-refractivity contribution in [1.82, 2.24) is 5.43 Å². The van der Waals surface area contributed by atoms with E-state index in [-0.39, 0.29) is 12.3 Å². The predicted molar refractivity (Wildman–Crippen MR) is 113 cm³/mol. The van der Waals surface area contributed by atoms with Crippen LogP contribution in [0.4, 0.5) is 5.69 Å². The molecule has 1 amide bonds. The molecule has 0 bridgehead atoms. The van der Waals surface area contributed by atoms with Crippen LogP contribution in [-0.4, -0.2) is 23.7 Å². The number of halogens is 1. The molecule has 0 unspecified atom stereocenters. The van der Waals surface area contributed by atoms with Gasteiger partial charge in [0.1, 0.15) is 17.3 Å². The molecule has 154 valence electrons. The summed E-state index contributed by atoms with van der Waals surface area (Å²) in [6.07, 6.45) is 1.31. The average molecular weight is 428 g/mol. The zero-order valence-corrected chi connectivity index (χ0v) is 17.0. The van der Waals surface area contributed by atoms with Gasteiger partial charge in [0.2, 0.25) is 0 Å². The molecule has 0 spiro atoms. The number of carbonyl (C=O) groups excluding carboxylic acids is 1.